The number of ether oxygens (including phenoxy) is 1. The third-order valence-electron chi connectivity index (χ3n) is 2.12. The monoisotopic (exact) mass is 362 g/mol. The van der Waals surface area contributed by atoms with Crippen LogP contribution in [0.1, 0.15) is 0 Å². The summed E-state index contributed by atoms with van der Waals surface area (Å²) in [7, 11) is 3.27. The van der Waals surface area contributed by atoms with Gasteiger partial charge in [-0.1, -0.05) is 0 Å². The second-order valence-corrected chi connectivity index (χ2v) is 5.05. The van der Waals surface area contributed by atoms with Crippen LogP contribution in [0.5, 0.6) is 5.75 Å². The Bertz CT molecular complexity index is 418. The lowest BCUT2D eigenvalue weighted by atomic mass is 10.3. The minimum Gasteiger partial charge on any atom is -0.484 e. The molecule has 0 saturated heterocycles. The van der Waals surface area contributed by atoms with Gasteiger partial charge in [0.15, 0.2) is 6.61 Å². The third-order valence-corrected chi connectivity index (χ3v) is 2.84. The molecule has 1 aromatic rings. The van der Waals surface area contributed by atoms with E-state index in [2.05, 4.69) is 27.9 Å². The van der Waals surface area contributed by atoms with Crippen molar-refractivity contribution >= 4 is 34.4 Å². The molecule has 0 saturated carbocycles. The van der Waals surface area contributed by atoms with Crippen LogP contribution in [0.15, 0.2) is 24.3 Å². The Morgan fingerprint density at radius 1 is 1.28 bits per heavy atom. The fourth-order valence-electron chi connectivity index (χ4n) is 1.06. The molecule has 0 unspecified atom stereocenters. The minimum absolute atomic E-state index is 0.0120. The Morgan fingerprint density at radius 3 is 2.44 bits per heavy atom. The fraction of sp³-hybridized carbons (Fsp3) is 0.333. The topological polar surface area (TPSA) is 58.6 Å². The van der Waals surface area contributed by atoms with Gasteiger partial charge in [-0.2, -0.15) is 0 Å². The van der Waals surface area contributed by atoms with Gasteiger partial charge in [0.05, 0.1) is 6.54 Å². The van der Waals surface area contributed by atoms with Crippen molar-refractivity contribution in [3.8, 4) is 5.75 Å². The van der Waals surface area contributed by atoms with Gasteiger partial charge < -0.3 is 15.0 Å². The standard InChI is InChI=1S/C12H15IN2O3/c1-15(2)12(17)7-14-11(16)8-18-10-5-3-9(13)4-6-10/h3-6H,7-8H2,1-2H3,(H,14,16). The van der Waals surface area contributed by atoms with Crippen molar-refractivity contribution in [2.24, 2.45) is 0 Å². The van der Waals surface area contributed by atoms with Gasteiger partial charge in [-0.15, -0.1) is 0 Å². The predicted octanol–water partition coefficient (Wildman–Crippen LogP) is 0.874. The fourth-order valence-corrected chi connectivity index (χ4v) is 1.42. The zero-order valence-corrected chi connectivity index (χ0v) is 12.4. The molecular formula is C12H15IN2O3. The molecule has 1 rings (SSSR count). The first kappa shape index (κ1) is 14.7. The summed E-state index contributed by atoms with van der Waals surface area (Å²) >= 11 is 2.19. The summed E-state index contributed by atoms with van der Waals surface area (Å²) in [5, 5.41) is 2.49. The van der Waals surface area contributed by atoms with Crippen LogP contribution in [0.25, 0.3) is 0 Å². The number of likely N-dealkylation sites (N-methyl/N-ethyl adjacent to an activating group) is 1. The van der Waals surface area contributed by atoms with Crippen LogP contribution < -0.4 is 10.1 Å². The van der Waals surface area contributed by atoms with E-state index in [1.54, 1.807) is 26.2 Å². The van der Waals surface area contributed by atoms with Gasteiger partial charge in [0.25, 0.3) is 5.91 Å². The average molecular weight is 362 g/mol. The Labute approximate surface area is 120 Å². The Kier molecular flexibility index (Phi) is 5.90. The highest BCUT2D eigenvalue weighted by Crippen LogP contribution is 2.12. The highest BCUT2D eigenvalue weighted by atomic mass is 127. The second-order valence-electron chi connectivity index (χ2n) is 3.81. The Hall–Kier alpha value is -1.31. The molecule has 0 aliphatic rings. The molecule has 0 aromatic heterocycles. The minimum atomic E-state index is -0.316. The number of nitrogens with zero attached hydrogens (tertiary/aromatic N) is 1. The number of nitrogens with one attached hydrogen (secondary N) is 1. The zero-order valence-electron chi connectivity index (χ0n) is 10.3. The lowest BCUT2D eigenvalue weighted by Gasteiger charge is -2.11. The predicted molar refractivity (Wildman–Crippen MR) is 76.4 cm³/mol. The number of hydrogen-bond donors (Lipinski definition) is 1. The summed E-state index contributed by atoms with van der Waals surface area (Å²) in [5.41, 5.74) is 0. The largest absolute Gasteiger partial charge is 0.484 e. The quantitative estimate of drug-likeness (QED) is 0.792. The molecule has 0 spiro atoms. The molecule has 1 aromatic carbocycles. The van der Waals surface area contributed by atoms with Gasteiger partial charge in [-0.3, -0.25) is 9.59 Å². The highest BCUT2D eigenvalue weighted by Gasteiger charge is 2.07. The van der Waals surface area contributed by atoms with Crippen LogP contribution in [0.4, 0.5) is 0 Å². The molecule has 5 nitrogen and oxygen atoms in total. The summed E-state index contributed by atoms with van der Waals surface area (Å²) in [5.74, 6) is 0.158. The number of hydrogen-bond acceptors (Lipinski definition) is 3. The summed E-state index contributed by atoms with van der Waals surface area (Å²) in [6, 6.07) is 7.37. The molecule has 6 heteroatoms. The van der Waals surface area contributed by atoms with E-state index in [9.17, 15) is 9.59 Å². The first-order valence-corrected chi connectivity index (χ1v) is 6.42. The molecule has 0 aliphatic carbocycles. The van der Waals surface area contributed by atoms with Crippen molar-refractivity contribution in [3.05, 3.63) is 27.8 Å². The number of rotatable bonds is 5. The maximum Gasteiger partial charge on any atom is 0.258 e. The van der Waals surface area contributed by atoms with E-state index < -0.39 is 0 Å². The normalized spacial score (nSPS) is 9.72. The zero-order chi connectivity index (χ0) is 13.5. The molecule has 0 bridgehead atoms. The summed E-state index contributed by atoms with van der Waals surface area (Å²) in [4.78, 5) is 24.0. The van der Waals surface area contributed by atoms with Crippen LogP contribution in [0.3, 0.4) is 0 Å². The van der Waals surface area contributed by atoms with E-state index in [0.717, 1.165) is 3.57 Å². The molecule has 0 atom stereocenters. The van der Waals surface area contributed by atoms with Gasteiger partial charge in [0, 0.05) is 17.7 Å². The van der Waals surface area contributed by atoms with E-state index in [1.807, 2.05) is 12.1 Å². The van der Waals surface area contributed by atoms with E-state index in [4.69, 9.17) is 4.74 Å². The molecule has 0 heterocycles. The smallest absolute Gasteiger partial charge is 0.258 e. The van der Waals surface area contributed by atoms with Crippen molar-refractivity contribution in [2.45, 2.75) is 0 Å². The second kappa shape index (κ2) is 7.20. The van der Waals surface area contributed by atoms with Crippen LogP contribution >= 0.6 is 22.6 Å². The maximum atomic E-state index is 11.4. The van der Waals surface area contributed by atoms with Gasteiger partial charge in [-0.25, -0.2) is 0 Å². The van der Waals surface area contributed by atoms with Crippen molar-refractivity contribution in [3.63, 3.8) is 0 Å². The first-order chi connectivity index (χ1) is 8.49. The molecule has 0 fully saturated rings. The number of amides is 2. The van der Waals surface area contributed by atoms with Crippen molar-refractivity contribution in [1.29, 1.82) is 0 Å². The van der Waals surface area contributed by atoms with Crippen LogP contribution in [-0.2, 0) is 9.59 Å². The molecule has 0 aliphatic heterocycles. The van der Waals surface area contributed by atoms with Crippen molar-refractivity contribution < 1.29 is 14.3 Å². The lowest BCUT2D eigenvalue weighted by molar-refractivity contribution is -0.131. The third kappa shape index (κ3) is 5.35. The van der Waals surface area contributed by atoms with E-state index in [1.165, 1.54) is 4.90 Å². The molecule has 2 amide bonds. The van der Waals surface area contributed by atoms with E-state index in [0.29, 0.717) is 5.75 Å². The molecule has 1 N–H and O–H groups in total. The number of carbonyl (C=O) groups excluding carboxylic acids is 2. The van der Waals surface area contributed by atoms with Crippen molar-refractivity contribution in [1.82, 2.24) is 10.2 Å². The molecule has 98 valence electrons. The van der Waals surface area contributed by atoms with E-state index >= 15 is 0 Å². The number of benzene rings is 1. The summed E-state index contributed by atoms with van der Waals surface area (Å²) < 4.78 is 6.37. The summed E-state index contributed by atoms with van der Waals surface area (Å²) in [6.45, 7) is -0.108. The SMILES string of the molecule is CN(C)C(=O)CNC(=O)COc1ccc(I)cc1. The highest BCUT2D eigenvalue weighted by molar-refractivity contribution is 14.1. The Morgan fingerprint density at radius 2 is 1.89 bits per heavy atom. The van der Waals surface area contributed by atoms with Crippen LogP contribution in [-0.4, -0.2) is 44.0 Å². The lowest BCUT2D eigenvalue weighted by Crippen LogP contribution is -2.38. The van der Waals surface area contributed by atoms with Gasteiger partial charge >= 0.3 is 0 Å². The average Bonchev–Trinajstić information content (AvgIpc) is 2.35. The van der Waals surface area contributed by atoms with Crippen molar-refractivity contribution in [2.75, 3.05) is 27.2 Å². The molecular weight excluding hydrogens is 347 g/mol. The molecule has 18 heavy (non-hydrogen) atoms. The van der Waals surface area contributed by atoms with Crippen LogP contribution in [0, 0.1) is 3.57 Å². The maximum absolute atomic E-state index is 11.4. The molecule has 0 radical (unpaired) electrons. The number of carbonyl (C=O) groups is 2. The number of halogens is 1. The van der Waals surface area contributed by atoms with Gasteiger partial charge in [0.1, 0.15) is 5.75 Å². The first-order valence-electron chi connectivity index (χ1n) is 5.34. The van der Waals surface area contributed by atoms with Gasteiger partial charge in [-0.05, 0) is 46.9 Å². The van der Waals surface area contributed by atoms with Crippen LogP contribution in [0.2, 0.25) is 0 Å². The Balaban J connectivity index is 2.29. The van der Waals surface area contributed by atoms with E-state index in [-0.39, 0.29) is 25.0 Å². The summed E-state index contributed by atoms with van der Waals surface area (Å²) in [6.07, 6.45) is 0. The van der Waals surface area contributed by atoms with Gasteiger partial charge in [0.2, 0.25) is 5.91 Å².